The van der Waals surface area contributed by atoms with Gasteiger partial charge < -0.3 is 21.1 Å². The molecule has 0 saturated carbocycles. The first-order valence-electron chi connectivity index (χ1n) is 9.75. The second kappa shape index (κ2) is 9.43. The van der Waals surface area contributed by atoms with Crippen LogP contribution in [0.25, 0.3) is 0 Å². The Balaban J connectivity index is 2.17. The van der Waals surface area contributed by atoms with Crippen molar-refractivity contribution in [1.82, 2.24) is 5.32 Å². The van der Waals surface area contributed by atoms with Gasteiger partial charge in [-0.3, -0.25) is 15.0 Å². The van der Waals surface area contributed by atoms with Gasteiger partial charge >= 0.3 is 5.97 Å². The molecule has 2 rings (SSSR count). The molecule has 0 aliphatic heterocycles. The molecular formula is C23H30N4O3. The summed E-state index contributed by atoms with van der Waals surface area (Å²) in [5.41, 5.74) is 6.03. The van der Waals surface area contributed by atoms with Crippen molar-refractivity contribution in [2.45, 2.75) is 45.1 Å². The van der Waals surface area contributed by atoms with Crippen LogP contribution >= 0.6 is 0 Å². The quantitative estimate of drug-likeness (QED) is 0.317. The highest BCUT2D eigenvalue weighted by molar-refractivity contribution is 5.97. The molecule has 0 radical (unpaired) electrons. The number of amides is 1. The summed E-state index contributed by atoms with van der Waals surface area (Å²) in [6.45, 7) is 7.66. The Morgan fingerprint density at radius 1 is 1.03 bits per heavy atom. The lowest BCUT2D eigenvalue weighted by Crippen LogP contribution is -2.41. The van der Waals surface area contributed by atoms with Crippen molar-refractivity contribution < 1.29 is 14.3 Å². The third-order valence-corrected chi connectivity index (χ3v) is 4.47. The van der Waals surface area contributed by atoms with E-state index in [0.717, 1.165) is 5.56 Å². The predicted molar refractivity (Wildman–Crippen MR) is 119 cm³/mol. The van der Waals surface area contributed by atoms with Gasteiger partial charge in [0.25, 0.3) is 5.91 Å². The minimum absolute atomic E-state index is 0.125. The van der Waals surface area contributed by atoms with Gasteiger partial charge in [-0.1, -0.05) is 43.3 Å². The van der Waals surface area contributed by atoms with Crippen molar-refractivity contribution in [3.05, 3.63) is 65.7 Å². The first kappa shape index (κ1) is 22.9. The van der Waals surface area contributed by atoms with E-state index in [9.17, 15) is 9.59 Å². The molecule has 30 heavy (non-hydrogen) atoms. The number of nitrogens with two attached hydrogens (primary N) is 1. The molecule has 5 N–H and O–H groups in total. The maximum atomic E-state index is 12.7. The molecule has 7 heteroatoms. The SMILES string of the molecule is CC(C)(C)OC(=O)CC(C)(CNC(=O)c1cccc(NC(=N)N)c1)c1ccccc1. The van der Waals surface area contributed by atoms with Crippen LogP contribution in [0.2, 0.25) is 0 Å². The first-order chi connectivity index (χ1) is 14.0. The number of nitrogens with one attached hydrogen (secondary N) is 3. The Bertz CT molecular complexity index is 906. The number of carbonyl (C=O) groups is 2. The number of benzene rings is 2. The second-order valence-electron chi connectivity index (χ2n) is 8.49. The van der Waals surface area contributed by atoms with Crippen molar-refractivity contribution >= 4 is 23.5 Å². The van der Waals surface area contributed by atoms with Crippen LogP contribution in [0.3, 0.4) is 0 Å². The Morgan fingerprint density at radius 3 is 2.30 bits per heavy atom. The van der Waals surface area contributed by atoms with E-state index < -0.39 is 11.0 Å². The van der Waals surface area contributed by atoms with Gasteiger partial charge in [0.2, 0.25) is 0 Å². The summed E-state index contributed by atoms with van der Waals surface area (Å²) >= 11 is 0. The molecule has 7 nitrogen and oxygen atoms in total. The van der Waals surface area contributed by atoms with Crippen molar-refractivity contribution in [2.75, 3.05) is 11.9 Å². The summed E-state index contributed by atoms with van der Waals surface area (Å²) in [5, 5.41) is 12.9. The molecule has 160 valence electrons. The summed E-state index contributed by atoms with van der Waals surface area (Å²) in [5.74, 6) is -0.814. The second-order valence-corrected chi connectivity index (χ2v) is 8.49. The summed E-state index contributed by atoms with van der Waals surface area (Å²) in [6, 6.07) is 16.3. The van der Waals surface area contributed by atoms with E-state index in [1.807, 2.05) is 58.0 Å². The fourth-order valence-electron chi connectivity index (χ4n) is 3.07. The zero-order valence-electron chi connectivity index (χ0n) is 17.9. The number of guanidine groups is 1. The highest BCUT2D eigenvalue weighted by atomic mass is 16.6. The molecule has 0 spiro atoms. The number of rotatable bonds is 7. The highest BCUT2D eigenvalue weighted by Gasteiger charge is 2.32. The molecule has 2 aromatic rings. The van der Waals surface area contributed by atoms with Crippen LogP contribution in [0, 0.1) is 5.41 Å². The van der Waals surface area contributed by atoms with E-state index in [0.29, 0.717) is 11.3 Å². The maximum Gasteiger partial charge on any atom is 0.307 e. The Labute approximate surface area is 177 Å². The standard InChI is InChI=1S/C23H30N4O3/c1-22(2,3)30-19(28)14-23(4,17-10-6-5-7-11-17)15-26-20(29)16-9-8-12-18(13-16)27-21(24)25/h5-13H,14-15H2,1-4H3,(H,26,29)(H4,24,25,27). The molecule has 1 unspecified atom stereocenters. The zero-order chi connectivity index (χ0) is 22.4. The van der Waals surface area contributed by atoms with Gasteiger partial charge in [0.15, 0.2) is 5.96 Å². The average Bonchev–Trinajstić information content (AvgIpc) is 2.65. The van der Waals surface area contributed by atoms with E-state index >= 15 is 0 Å². The number of hydrogen-bond donors (Lipinski definition) is 4. The fraction of sp³-hybridized carbons (Fsp3) is 0.348. The minimum atomic E-state index is -0.644. The normalized spacial score (nSPS) is 13.1. The molecule has 1 amide bonds. The predicted octanol–water partition coefficient (Wildman–Crippen LogP) is 3.41. The van der Waals surface area contributed by atoms with Gasteiger partial charge in [-0.15, -0.1) is 0 Å². The summed E-state index contributed by atoms with van der Waals surface area (Å²) < 4.78 is 5.51. The van der Waals surface area contributed by atoms with E-state index in [-0.39, 0.29) is 30.8 Å². The summed E-state index contributed by atoms with van der Waals surface area (Å²) in [6.07, 6.45) is 0.125. The van der Waals surface area contributed by atoms with Gasteiger partial charge in [-0.2, -0.15) is 0 Å². The van der Waals surface area contributed by atoms with Gasteiger partial charge in [0.1, 0.15) is 5.60 Å². The lowest BCUT2D eigenvalue weighted by Gasteiger charge is -2.31. The Morgan fingerprint density at radius 2 is 1.70 bits per heavy atom. The van der Waals surface area contributed by atoms with Crippen molar-refractivity contribution in [3.8, 4) is 0 Å². The largest absolute Gasteiger partial charge is 0.460 e. The molecule has 0 fully saturated rings. The number of carbonyl (C=O) groups excluding carboxylic acids is 2. The molecule has 2 aromatic carbocycles. The molecule has 0 aliphatic rings. The van der Waals surface area contributed by atoms with Crippen LogP contribution in [-0.4, -0.2) is 30.0 Å². The van der Waals surface area contributed by atoms with Gasteiger partial charge in [0, 0.05) is 23.2 Å². The van der Waals surface area contributed by atoms with E-state index in [2.05, 4.69) is 10.6 Å². The van der Waals surface area contributed by atoms with E-state index in [4.69, 9.17) is 15.9 Å². The number of esters is 1. The topological polar surface area (TPSA) is 117 Å². The van der Waals surface area contributed by atoms with E-state index in [1.165, 1.54) is 0 Å². The van der Waals surface area contributed by atoms with Crippen LogP contribution in [0.5, 0.6) is 0 Å². The third kappa shape index (κ3) is 6.92. The fourth-order valence-corrected chi connectivity index (χ4v) is 3.07. The van der Waals surface area contributed by atoms with Gasteiger partial charge in [-0.05, 0) is 44.5 Å². The average molecular weight is 411 g/mol. The van der Waals surface area contributed by atoms with Crippen LogP contribution in [0.4, 0.5) is 5.69 Å². The Hall–Kier alpha value is -3.35. The lowest BCUT2D eigenvalue weighted by atomic mass is 9.79. The van der Waals surface area contributed by atoms with Crippen molar-refractivity contribution in [2.24, 2.45) is 5.73 Å². The Kier molecular flexibility index (Phi) is 7.21. The molecule has 0 saturated heterocycles. The molecule has 0 bridgehead atoms. The highest BCUT2D eigenvalue weighted by Crippen LogP contribution is 2.28. The lowest BCUT2D eigenvalue weighted by molar-refractivity contribution is -0.156. The minimum Gasteiger partial charge on any atom is -0.460 e. The molecule has 0 aliphatic carbocycles. The van der Waals surface area contributed by atoms with Gasteiger partial charge in [-0.25, -0.2) is 0 Å². The number of hydrogen-bond acceptors (Lipinski definition) is 4. The number of anilines is 1. The smallest absolute Gasteiger partial charge is 0.307 e. The van der Waals surface area contributed by atoms with Crippen LogP contribution in [-0.2, 0) is 14.9 Å². The van der Waals surface area contributed by atoms with Crippen LogP contribution in [0.1, 0.15) is 50.0 Å². The summed E-state index contributed by atoms with van der Waals surface area (Å²) in [7, 11) is 0. The number of ether oxygens (including phenoxy) is 1. The van der Waals surface area contributed by atoms with E-state index in [1.54, 1.807) is 24.3 Å². The van der Waals surface area contributed by atoms with Gasteiger partial charge in [0.05, 0.1) is 6.42 Å². The maximum absolute atomic E-state index is 12.7. The monoisotopic (exact) mass is 410 g/mol. The van der Waals surface area contributed by atoms with Crippen molar-refractivity contribution in [3.63, 3.8) is 0 Å². The zero-order valence-corrected chi connectivity index (χ0v) is 17.9. The third-order valence-electron chi connectivity index (χ3n) is 4.47. The molecule has 0 aromatic heterocycles. The molecule has 1 atom stereocenters. The molecule has 0 heterocycles. The molecular weight excluding hydrogens is 380 g/mol. The van der Waals surface area contributed by atoms with Crippen LogP contribution < -0.4 is 16.4 Å². The van der Waals surface area contributed by atoms with Crippen molar-refractivity contribution in [1.29, 1.82) is 5.41 Å². The summed E-state index contributed by atoms with van der Waals surface area (Å²) in [4.78, 5) is 25.3. The van der Waals surface area contributed by atoms with Crippen LogP contribution in [0.15, 0.2) is 54.6 Å². The first-order valence-corrected chi connectivity index (χ1v) is 9.75.